The molecule has 0 aliphatic heterocycles. The Kier molecular flexibility index (Phi) is 5.43. The van der Waals surface area contributed by atoms with Crippen LogP contribution in [0, 0.1) is 17.3 Å². The smallest absolute Gasteiger partial charge is 0.288 e. The van der Waals surface area contributed by atoms with Crippen LogP contribution in [-0.4, -0.2) is 17.1 Å². The molecule has 3 nitrogen and oxygen atoms in total. The van der Waals surface area contributed by atoms with Gasteiger partial charge in [-0.15, -0.1) is 0 Å². The third kappa shape index (κ3) is 4.20. The number of rotatable bonds is 5. The van der Waals surface area contributed by atoms with E-state index in [-0.39, 0.29) is 0 Å². The molecule has 3 aliphatic rings. The van der Waals surface area contributed by atoms with E-state index in [0.717, 1.165) is 18.0 Å². The van der Waals surface area contributed by atoms with E-state index >= 15 is 0 Å². The first kappa shape index (κ1) is 18.3. The van der Waals surface area contributed by atoms with Gasteiger partial charge in [0.05, 0.1) is 6.21 Å². The molecular weight excluding hydrogens is 360 g/mol. The second-order valence-corrected chi connectivity index (χ2v) is 8.45. The van der Waals surface area contributed by atoms with Gasteiger partial charge in [0, 0.05) is 10.6 Å². The molecule has 3 aliphatic carbocycles. The van der Waals surface area contributed by atoms with Gasteiger partial charge in [-0.3, -0.25) is 5.43 Å². The summed E-state index contributed by atoms with van der Waals surface area (Å²) in [7, 11) is 0. The standard InChI is InChI=1S/C18H21F2N3S2/c1-18(2)12-4-3-11(15(18)9-12)10-21-23-17(24)22-13-5-7-14(8-6-13)25-16(19)20/h3,5-8,10,12,15-16H,4,9H2,1-2H3,(H2,22,23,24)/b21-10+/t12-,15+/m0/s1. The molecule has 1 aromatic carbocycles. The van der Waals surface area contributed by atoms with Gasteiger partial charge in [-0.25, -0.2) is 0 Å². The summed E-state index contributed by atoms with van der Waals surface area (Å²) >= 11 is 5.73. The number of alkyl halides is 2. The van der Waals surface area contributed by atoms with Crippen molar-refractivity contribution in [2.75, 3.05) is 5.32 Å². The molecule has 0 unspecified atom stereocenters. The number of benzene rings is 1. The minimum Gasteiger partial charge on any atom is -0.331 e. The van der Waals surface area contributed by atoms with E-state index in [4.69, 9.17) is 12.2 Å². The van der Waals surface area contributed by atoms with Crippen molar-refractivity contribution in [2.45, 2.75) is 37.3 Å². The van der Waals surface area contributed by atoms with Gasteiger partial charge in [-0.05, 0) is 72.1 Å². The van der Waals surface area contributed by atoms with Gasteiger partial charge >= 0.3 is 0 Å². The zero-order valence-corrected chi connectivity index (χ0v) is 15.8. The van der Waals surface area contributed by atoms with Crippen LogP contribution in [0.3, 0.4) is 0 Å². The summed E-state index contributed by atoms with van der Waals surface area (Å²) in [6.07, 6.45) is 6.50. The SMILES string of the molecule is CC1(C)[C@H]2CC=C(/C=N/NC(=S)Nc3ccc(SC(F)F)cc3)[C@H]1C2. The Labute approximate surface area is 156 Å². The lowest BCUT2D eigenvalue weighted by molar-refractivity contribution is -0.00126. The summed E-state index contributed by atoms with van der Waals surface area (Å²) in [5.74, 6) is -1.03. The van der Waals surface area contributed by atoms with Crippen LogP contribution in [0.25, 0.3) is 0 Å². The molecule has 0 amide bonds. The van der Waals surface area contributed by atoms with Crippen molar-refractivity contribution in [3.05, 3.63) is 35.9 Å². The number of nitrogens with zero attached hydrogens (tertiary/aromatic N) is 1. The molecule has 134 valence electrons. The number of thiocarbonyl (C=S) groups is 1. The lowest BCUT2D eigenvalue weighted by atomic mass is 9.49. The summed E-state index contributed by atoms with van der Waals surface area (Å²) in [4.78, 5) is 0.517. The Balaban J connectivity index is 1.49. The van der Waals surface area contributed by atoms with Crippen LogP contribution < -0.4 is 10.7 Å². The van der Waals surface area contributed by atoms with E-state index < -0.39 is 5.76 Å². The van der Waals surface area contributed by atoms with Crippen LogP contribution in [0.2, 0.25) is 0 Å². The topological polar surface area (TPSA) is 36.4 Å². The van der Waals surface area contributed by atoms with Crippen molar-refractivity contribution in [1.29, 1.82) is 0 Å². The molecule has 2 bridgehead atoms. The summed E-state index contributed by atoms with van der Waals surface area (Å²) in [6.45, 7) is 4.64. The molecule has 25 heavy (non-hydrogen) atoms. The quantitative estimate of drug-likeness (QED) is 0.315. The fourth-order valence-corrected chi connectivity index (χ4v) is 4.26. The number of thioether (sulfide) groups is 1. The second kappa shape index (κ2) is 7.41. The maximum Gasteiger partial charge on any atom is 0.288 e. The third-order valence-corrected chi connectivity index (χ3v) is 6.14. The molecule has 0 radical (unpaired) electrons. The Morgan fingerprint density at radius 1 is 1.36 bits per heavy atom. The predicted octanol–water partition coefficient (Wildman–Crippen LogP) is 5.27. The molecule has 1 saturated carbocycles. The first-order chi connectivity index (χ1) is 11.9. The fourth-order valence-electron chi connectivity index (χ4n) is 3.59. The molecule has 0 spiro atoms. The molecule has 7 heteroatoms. The van der Waals surface area contributed by atoms with Crippen molar-refractivity contribution < 1.29 is 8.78 Å². The number of allylic oxidation sites excluding steroid dienone is 2. The normalized spacial score (nSPS) is 24.0. The summed E-state index contributed by atoms with van der Waals surface area (Å²) < 4.78 is 24.6. The van der Waals surface area contributed by atoms with Gasteiger partial charge in [0.25, 0.3) is 5.76 Å². The Bertz CT molecular complexity index is 699. The zero-order valence-electron chi connectivity index (χ0n) is 14.1. The zero-order chi connectivity index (χ0) is 18.0. The van der Waals surface area contributed by atoms with Crippen LogP contribution in [-0.2, 0) is 0 Å². The Hall–Kier alpha value is -1.47. The lowest BCUT2D eigenvalue weighted by Crippen LogP contribution is -2.48. The number of hydrogen-bond acceptors (Lipinski definition) is 3. The first-order valence-corrected chi connectivity index (χ1v) is 9.50. The second-order valence-electron chi connectivity index (χ2n) is 6.97. The van der Waals surface area contributed by atoms with E-state index in [2.05, 4.69) is 35.8 Å². The summed E-state index contributed by atoms with van der Waals surface area (Å²) in [5.41, 5.74) is 5.18. The van der Waals surface area contributed by atoms with E-state index in [1.54, 1.807) is 24.3 Å². The van der Waals surface area contributed by atoms with Crippen molar-refractivity contribution in [2.24, 2.45) is 22.4 Å². The molecule has 0 saturated heterocycles. The molecule has 1 aromatic rings. The maximum atomic E-state index is 12.3. The average molecular weight is 382 g/mol. The average Bonchev–Trinajstić information content (AvgIpc) is 2.56. The van der Waals surface area contributed by atoms with Crippen LogP contribution in [0.5, 0.6) is 0 Å². The summed E-state index contributed by atoms with van der Waals surface area (Å²) in [5, 5.41) is 7.59. The van der Waals surface area contributed by atoms with E-state index in [9.17, 15) is 8.78 Å². The number of fused-ring (bicyclic) bond motifs is 1. The van der Waals surface area contributed by atoms with Gasteiger partial charge in [0.2, 0.25) is 0 Å². The molecular formula is C18H21F2N3S2. The molecule has 0 heterocycles. The highest BCUT2D eigenvalue weighted by Crippen LogP contribution is 2.58. The van der Waals surface area contributed by atoms with E-state index in [1.807, 2.05) is 6.21 Å². The number of halogens is 2. The van der Waals surface area contributed by atoms with Gasteiger partial charge in [0.15, 0.2) is 5.11 Å². The number of hydrazone groups is 1. The van der Waals surface area contributed by atoms with Gasteiger partial charge in [-0.1, -0.05) is 31.7 Å². The Morgan fingerprint density at radius 3 is 2.68 bits per heavy atom. The van der Waals surface area contributed by atoms with Gasteiger partial charge in [0.1, 0.15) is 0 Å². The van der Waals surface area contributed by atoms with Crippen LogP contribution in [0.1, 0.15) is 26.7 Å². The van der Waals surface area contributed by atoms with Crippen molar-refractivity contribution in [1.82, 2.24) is 5.43 Å². The highest BCUT2D eigenvalue weighted by atomic mass is 32.2. The number of hydrogen-bond donors (Lipinski definition) is 2. The van der Waals surface area contributed by atoms with Gasteiger partial charge in [-0.2, -0.15) is 13.9 Å². The molecule has 1 fully saturated rings. The first-order valence-electron chi connectivity index (χ1n) is 8.21. The third-order valence-electron chi connectivity index (χ3n) is 5.23. The van der Waals surface area contributed by atoms with Crippen molar-refractivity contribution in [3.8, 4) is 0 Å². The molecule has 2 atom stereocenters. The maximum absolute atomic E-state index is 12.3. The van der Waals surface area contributed by atoms with Crippen molar-refractivity contribution in [3.63, 3.8) is 0 Å². The van der Waals surface area contributed by atoms with Crippen LogP contribution >= 0.6 is 24.0 Å². The fraction of sp³-hybridized carbons (Fsp3) is 0.444. The lowest BCUT2D eigenvalue weighted by Gasteiger charge is -2.55. The van der Waals surface area contributed by atoms with E-state index in [1.165, 1.54) is 12.0 Å². The largest absolute Gasteiger partial charge is 0.331 e. The van der Waals surface area contributed by atoms with Crippen LogP contribution in [0.15, 0.2) is 45.9 Å². The minimum absolute atomic E-state index is 0.368. The molecule has 0 aromatic heterocycles. The Morgan fingerprint density at radius 2 is 2.08 bits per heavy atom. The summed E-state index contributed by atoms with van der Waals surface area (Å²) in [6, 6.07) is 6.69. The van der Waals surface area contributed by atoms with Crippen molar-refractivity contribution >= 4 is 41.0 Å². The van der Waals surface area contributed by atoms with E-state index in [0.29, 0.717) is 33.1 Å². The highest BCUT2D eigenvalue weighted by molar-refractivity contribution is 7.99. The van der Waals surface area contributed by atoms with Gasteiger partial charge < -0.3 is 5.32 Å². The molecule has 4 rings (SSSR count). The monoisotopic (exact) mass is 381 g/mol. The minimum atomic E-state index is -2.42. The predicted molar refractivity (Wildman–Crippen MR) is 104 cm³/mol. The number of anilines is 1. The molecule has 2 N–H and O–H groups in total. The van der Waals surface area contributed by atoms with Crippen LogP contribution in [0.4, 0.5) is 14.5 Å². The highest BCUT2D eigenvalue weighted by Gasteiger charge is 2.50. The number of nitrogens with one attached hydrogen (secondary N) is 2.